The molecule has 4 aliphatic rings. The first kappa shape index (κ1) is 32.1. The summed E-state index contributed by atoms with van der Waals surface area (Å²) in [6, 6.07) is 0. The number of ether oxygens (including phenoxy) is 1. The molecule has 6 heteroatoms. The Balaban J connectivity index is 1.36. The third-order valence-corrected chi connectivity index (χ3v) is 11.5. The van der Waals surface area contributed by atoms with Crippen molar-refractivity contribution in [2.24, 2.45) is 28.6 Å². The second-order valence-corrected chi connectivity index (χ2v) is 13.9. The van der Waals surface area contributed by atoms with Crippen LogP contribution in [0.2, 0.25) is 0 Å². The van der Waals surface area contributed by atoms with E-state index in [0.29, 0.717) is 12.8 Å². The molecule has 0 aliphatic heterocycles. The zero-order valence-electron chi connectivity index (χ0n) is 25.8. The van der Waals surface area contributed by atoms with Crippen LogP contribution in [0.25, 0.3) is 0 Å². The summed E-state index contributed by atoms with van der Waals surface area (Å²) >= 11 is 0. The Bertz CT molecular complexity index is 1010. The number of Topliss-reactive ketones (excluding diaryl/α,β-unsaturated/α-hetero) is 1. The Morgan fingerprint density at radius 3 is 2.24 bits per heavy atom. The normalized spacial score (nSPS) is 35.8. The van der Waals surface area contributed by atoms with E-state index in [0.717, 1.165) is 44.1 Å². The van der Waals surface area contributed by atoms with Crippen LogP contribution in [0.15, 0.2) is 23.8 Å². The van der Waals surface area contributed by atoms with Gasteiger partial charge in [0.25, 0.3) is 0 Å². The maximum Gasteiger partial charge on any atom is 0.306 e. The van der Waals surface area contributed by atoms with Gasteiger partial charge in [0, 0.05) is 23.2 Å². The first-order valence-electron chi connectivity index (χ1n) is 16.6. The molecule has 0 spiro atoms. The van der Waals surface area contributed by atoms with Crippen LogP contribution < -0.4 is 0 Å². The summed E-state index contributed by atoms with van der Waals surface area (Å²) in [6.07, 6.45) is 21.1. The van der Waals surface area contributed by atoms with E-state index in [-0.39, 0.29) is 35.9 Å². The molecular weight excluding hydrogens is 516 g/mol. The number of carbonyl (C=O) groups excluding carboxylic acids is 3. The van der Waals surface area contributed by atoms with Gasteiger partial charge in [-0.2, -0.15) is 0 Å². The van der Waals surface area contributed by atoms with Crippen molar-refractivity contribution in [2.75, 3.05) is 6.61 Å². The molecule has 3 fully saturated rings. The molecule has 0 heterocycles. The van der Waals surface area contributed by atoms with Crippen LogP contribution in [0.1, 0.15) is 130 Å². The van der Waals surface area contributed by atoms with Gasteiger partial charge in [0.1, 0.15) is 6.61 Å². The highest BCUT2D eigenvalue weighted by Gasteiger charge is 2.70. The standard InChI is InChI=1S/C35H54O6/c1-4-5-6-7-8-9-10-11-12-13-14-15-31(40)41-35(30(39)24-36)21-19-28-27-17-16-25-22-26(37)18-20-33(25,2)32(27)29(38)23-34(28,35)3/h18,20,22,27-29,32,36,38H,4-17,19,21,23-24H2,1-3H3/t27-,28-,29-,32+,33-,34-,35-/m0/s1. The zero-order valence-corrected chi connectivity index (χ0v) is 25.8. The van der Waals surface area contributed by atoms with E-state index in [1.54, 1.807) is 12.2 Å². The van der Waals surface area contributed by atoms with Crippen LogP contribution in [-0.2, 0) is 19.1 Å². The minimum absolute atomic E-state index is 0.00389. The summed E-state index contributed by atoms with van der Waals surface area (Å²) in [4.78, 5) is 38.7. The Morgan fingerprint density at radius 2 is 1.61 bits per heavy atom. The fourth-order valence-corrected chi connectivity index (χ4v) is 9.30. The summed E-state index contributed by atoms with van der Waals surface area (Å²) in [7, 11) is 0. The van der Waals surface area contributed by atoms with Crippen LogP contribution in [0.3, 0.4) is 0 Å². The molecule has 0 bridgehead atoms. The summed E-state index contributed by atoms with van der Waals surface area (Å²) in [5.41, 5.74) is -1.45. The number of hydrogen-bond acceptors (Lipinski definition) is 6. The van der Waals surface area contributed by atoms with Crippen molar-refractivity contribution in [1.29, 1.82) is 0 Å². The highest BCUT2D eigenvalue weighted by Crippen LogP contribution is 2.67. The number of aliphatic hydroxyl groups excluding tert-OH is 2. The highest BCUT2D eigenvalue weighted by molar-refractivity contribution is 6.01. The van der Waals surface area contributed by atoms with Crippen molar-refractivity contribution in [1.82, 2.24) is 0 Å². The van der Waals surface area contributed by atoms with Crippen LogP contribution in [-0.4, -0.2) is 46.1 Å². The SMILES string of the molecule is CCCCCCCCCCCCCC(=O)O[C@]1(C(=O)CO)CC[C@H]2[C@@H]3CCC4=CC(=O)C=C[C@]4(C)[C@H]3[C@@H](O)C[C@@]21C. The number of aliphatic hydroxyl groups is 2. The first-order valence-corrected chi connectivity index (χ1v) is 16.6. The van der Waals surface area contributed by atoms with Gasteiger partial charge in [-0.25, -0.2) is 0 Å². The van der Waals surface area contributed by atoms with Gasteiger partial charge in [-0.3, -0.25) is 14.4 Å². The molecule has 3 saturated carbocycles. The molecule has 230 valence electrons. The molecule has 0 unspecified atom stereocenters. The molecule has 0 aromatic carbocycles. The fourth-order valence-electron chi connectivity index (χ4n) is 9.30. The van der Waals surface area contributed by atoms with Crippen LogP contribution in [0, 0.1) is 28.6 Å². The van der Waals surface area contributed by atoms with E-state index in [1.807, 2.05) is 13.0 Å². The van der Waals surface area contributed by atoms with Gasteiger partial charge in [-0.15, -0.1) is 0 Å². The minimum Gasteiger partial charge on any atom is -0.450 e. The number of carbonyl (C=O) groups is 3. The number of ketones is 2. The molecule has 4 rings (SSSR count). The highest BCUT2D eigenvalue weighted by atomic mass is 16.6. The summed E-state index contributed by atoms with van der Waals surface area (Å²) in [6.45, 7) is 5.69. The van der Waals surface area contributed by atoms with Gasteiger partial charge < -0.3 is 14.9 Å². The monoisotopic (exact) mass is 570 g/mol. The summed E-state index contributed by atoms with van der Waals surface area (Å²) < 4.78 is 6.16. The molecule has 0 aromatic heterocycles. The number of esters is 1. The van der Waals surface area contributed by atoms with Gasteiger partial charge in [0.15, 0.2) is 11.4 Å². The van der Waals surface area contributed by atoms with Crippen molar-refractivity contribution in [2.45, 2.75) is 142 Å². The molecule has 0 amide bonds. The largest absolute Gasteiger partial charge is 0.450 e. The van der Waals surface area contributed by atoms with Crippen LogP contribution in [0.5, 0.6) is 0 Å². The summed E-state index contributed by atoms with van der Waals surface area (Å²) in [5.74, 6) is -0.629. The van der Waals surface area contributed by atoms with Crippen molar-refractivity contribution in [3.63, 3.8) is 0 Å². The average Bonchev–Trinajstić information content (AvgIpc) is 3.23. The van der Waals surface area contributed by atoms with Crippen LogP contribution >= 0.6 is 0 Å². The van der Waals surface area contributed by atoms with E-state index in [2.05, 4.69) is 13.8 Å². The second kappa shape index (κ2) is 13.7. The predicted octanol–water partition coefficient (Wildman–Crippen LogP) is 6.81. The predicted molar refractivity (Wildman–Crippen MR) is 160 cm³/mol. The first-order chi connectivity index (χ1) is 19.6. The lowest BCUT2D eigenvalue weighted by molar-refractivity contribution is -0.200. The molecule has 0 saturated heterocycles. The molecule has 2 N–H and O–H groups in total. The van der Waals surface area contributed by atoms with Crippen molar-refractivity contribution in [3.8, 4) is 0 Å². The minimum atomic E-state index is -1.40. The summed E-state index contributed by atoms with van der Waals surface area (Å²) in [5, 5.41) is 21.7. The van der Waals surface area contributed by atoms with Gasteiger partial charge in [0.2, 0.25) is 5.78 Å². The number of unbranched alkanes of at least 4 members (excludes halogenated alkanes) is 10. The van der Waals surface area contributed by atoms with Gasteiger partial charge in [-0.1, -0.05) is 96.6 Å². The number of hydrogen-bond donors (Lipinski definition) is 2. The lowest BCUT2D eigenvalue weighted by Crippen LogP contribution is -2.63. The Kier molecular flexibility index (Phi) is 10.7. The quantitative estimate of drug-likeness (QED) is 0.166. The molecule has 41 heavy (non-hydrogen) atoms. The molecular formula is C35H54O6. The van der Waals surface area contributed by atoms with E-state index < -0.39 is 34.9 Å². The smallest absolute Gasteiger partial charge is 0.306 e. The number of fused-ring (bicyclic) bond motifs is 5. The number of rotatable bonds is 15. The van der Waals surface area contributed by atoms with E-state index in [4.69, 9.17) is 4.74 Å². The molecule has 4 aliphatic carbocycles. The fraction of sp³-hybridized carbons (Fsp3) is 0.800. The maximum absolute atomic E-state index is 13.4. The van der Waals surface area contributed by atoms with Crippen molar-refractivity contribution < 1.29 is 29.3 Å². The second-order valence-electron chi connectivity index (χ2n) is 13.9. The lowest BCUT2D eigenvalue weighted by Gasteiger charge is -2.59. The van der Waals surface area contributed by atoms with Gasteiger partial charge in [0.05, 0.1) is 6.10 Å². The Morgan fingerprint density at radius 1 is 0.976 bits per heavy atom. The molecule has 0 aromatic rings. The number of allylic oxidation sites excluding steroid dienone is 4. The van der Waals surface area contributed by atoms with E-state index in [9.17, 15) is 24.6 Å². The van der Waals surface area contributed by atoms with Gasteiger partial charge in [-0.05, 0) is 62.5 Å². The van der Waals surface area contributed by atoms with Crippen molar-refractivity contribution >= 4 is 17.5 Å². The average molecular weight is 571 g/mol. The third-order valence-electron chi connectivity index (χ3n) is 11.5. The molecule has 6 nitrogen and oxygen atoms in total. The Hall–Kier alpha value is -1.79. The maximum atomic E-state index is 13.4. The van der Waals surface area contributed by atoms with Crippen molar-refractivity contribution in [3.05, 3.63) is 23.8 Å². The Labute approximate surface area is 247 Å². The molecule has 7 atom stereocenters. The lowest BCUT2D eigenvalue weighted by atomic mass is 9.46. The van der Waals surface area contributed by atoms with E-state index in [1.165, 1.54) is 51.4 Å². The zero-order chi connectivity index (χ0) is 29.7. The third kappa shape index (κ3) is 6.30. The van der Waals surface area contributed by atoms with Crippen LogP contribution in [0.4, 0.5) is 0 Å². The van der Waals surface area contributed by atoms with Gasteiger partial charge >= 0.3 is 5.97 Å². The molecule has 0 radical (unpaired) electrons. The topological polar surface area (TPSA) is 101 Å². The van der Waals surface area contributed by atoms with E-state index >= 15 is 0 Å².